The Balaban J connectivity index is 1.97. The second kappa shape index (κ2) is 4.72. The Kier molecular flexibility index (Phi) is 2.91. The number of aryl methyl sites for hydroxylation is 1. The fourth-order valence-corrected chi connectivity index (χ4v) is 2.36. The molecule has 96 valence electrons. The predicted octanol–water partition coefficient (Wildman–Crippen LogP) is 2.66. The Bertz CT molecular complexity index is 580. The molecular formula is C15H15N3O. The Hall–Kier alpha value is -2.36. The number of amides is 2. The molecule has 1 fully saturated rings. The Morgan fingerprint density at radius 2 is 1.84 bits per heavy atom. The summed E-state index contributed by atoms with van der Waals surface area (Å²) in [5, 5.41) is 2.90. The number of rotatable bonds is 2. The van der Waals surface area contributed by atoms with Crippen molar-refractivity contribution in [3.8, 4) is 0 Å². The predicted molar refractivity (Wildman–Crippen MR) is 74.0 cm³/mol. The van der Waals surface area contributed by atoms with Crippen molar-refractivity contribution in [3.05, 3.63) is 59.9 Å². The lowest BCUT2D eigenvalue weighted by Crippen LogP contribution is -2.29. The van der Waals surface area contributed by atoms with Crippen LogP contribution in [0.25, 0.3) is 0 Å². The van der Waals surface area contributed by atoms with E-state index in [1.807, 2.05) is 43.3 Å². The van der Waals surface area contributed by atoms with E-state index >= 15 is 0 Å². The molecule has 2 amide bonds. The van der Waals surface area contributed by atoms with Gasteiger partial charge in [0.1, 0.15) is 0 Å². The van der Waals surface area contributed by atoms with Gasteiger partial charge in [0, 0.05) is 24.6 Å². The first-order chi connectivity index (χ1) is 9.25. The van der Waals surface area contributed by atoms with Gasteiger partial charge in [0.05, 0.1) is 6.04 Å². The molecule has 2 heterocycles. The number of nitrogens with zero attached hydrogens (tertiary/aromatic N) is 2. The van der Waals surface area contributed by atoms with Crippen LogP contribution in [-0.4, -0.2) is 17.6 Å². The number of carbonyl (C=O) groups excluding carboxylic acids is 1. The van der Waals surface area contributed by atoms with Gasteiger partial charge in [-0.3, -0.25) is 9.88 Å². The van der Waals surface area contributed by atoms with Gasteiger partial charge < -0.3 is 5.32 Å². The summed E-state index contributed by atoms with van der Waals surface area (Å²) in [6.45, 7) is 2.66. The normalized spacial score (nSPS) is 18.5. The molecule has 1 aromatic heterocycles. The van der Waals surface area contributed by atoms with Crippen molar-refractivity contribution in [2.75, 3.05) is 11.4 Å². The van der Waals surface area contributed by atoms with Gasteiger partial charge in [-0.15, -0.1) is 0 Å². The summed E-state index contributed by atoms with van der Waals surface area (Å²) in [6, 6.07) is 11.9. The summed E-state index contributed by atoms with van der Waals surface area (Å²) in [5.74, 6) is 0. The second-order valence-electron chi connectivity index (χ2n) is 4.69. The molecule has 3 rings (SSSR count). The molecule has 1 aliphatic rings. The molecule has 0 aliphatic carbocycles. The lowest BCUT2D eigenvalue weighted by Gasteiger charge is -2.23. The van der Waals surface area contributed by atoms with Crippen molar-refractivity contribution in [1.29, 1.82) is 0 Å². The van der Waals surface area contributed by atoms with Crippen molar-refractivity contribution in [2.24, 2.45) is 0 Å². The van der Waals surface area contributed by atoms with Gasteiger partial charge in [0.25, 0.3) is 0 Å². The lowest BCUT2D eigenvalue weighted by molar-refractivity contribution is 0.251. The maximum absolute atomic E-state index is 12.0. The highest BCUT2D eigenvalue weighted by Crippen LogP contribution is 2.30. The van der Waals surface area contributed by atoms with E-state index in [1.54, 1.807) is 17.3 Å². The highest BCUT2D eigenvalue weighted by atomic mass is 16.2. The molecule has 1 N–H and O–H groups in total. The van der Waals surface area contributed by atoms with Gasteiger partial charge in [-0.1, -0.05) is 17.7 Å². The Morgan fingerprint density at radius 3 is 2.53 bits per heavy atom. The molecule has 1 atom stereocenters. The van der Waals surface area contributed by atoms with Gasteiger partial charge in [-0.25, -0.2) is 4.79 Å². The van der Waals surface area contributed by atoms with E-state index in [9.17, 15) is 4.79 Å². The number of aromatic nitrogens is 1. The first-order valence-corrected chi connectivity index (χ1v) is 6.29. The summed E-state index contributed by atoms with van der Waals surface area (Å²) >= 11 is 0. The highest BCUT2D eigenvalue weighted by molar-refractivity contribution is 5.95. The number of urea groups is 1. The van der Waals surface area contributed by atoms with Gasteiger partial charge in [0.2, 0.25) is 0 Å². The van der Waals surface area contributed by atoms with Gasteiger partial charge in [-0.2, -0.15) is 0 Å². The van der Waals surface area contributed by atoms with Gasteiger partial charge in [-0.05, 0) is 36.8 Å². The summed E-state index contributed by atoms with van der Waals surface area (Å²) in [7, 11) is 0. The standard InChI is InChI=1S/C15H15N3O/c1-11-2-4-13(5-3-11)18-14(10-17-15(18)19)12-6-8-16-9-7-12/h2-9,14H,10H2,1H3,(H,17,19). The van der Waals surface area contributed by atoms with Gasteiger partial charge in [0.15, 0.2) is 0 Å². The van der Waals surface area contributed by atoms with Crippen LogP contribution >= 0.6 is 0 Å². The average molecular weight is 253 g/mol. The molecule has 1 aliphatic heterocycles. The van der Waals surface area contributed by atoms with Gasteiger partial charge >= 0.3 is 6.03 Å². The lowest BCUT2D eigenvalue weighted by atomic mass is 10.1. The van der Waals surface area contributed by atoms with E-state index in [2.05, 4.69) is 10.3 Å². The fraction of sp³-hybridized carbons (Fsp3) is 0.200. The van der Waals surface area contributed by atoms with Crippen molar-refractivity contribution >= 4 is 11.7 Å². The molecule has 1 unspecified atom stereocenters. The molecule has 0 saturated carbocycles. The molecule has 0 spiro atoms. The van der Waals surface area contributed by atoms with Crippen LogP contribution in [0.3, 0.4) is 0 Å². The molecule has 0 bridgehead atoms. The molecular weight excluding hydrogens is 238 g/mol. The monoisotopic (exact) mass is 253 g/mol. The Morgan fingerprint density at radius 1 is 1.16 bits per heavy atom. The van der Waals surface area contributed by atoms with Crippen LogP contribution in [-0.2, 0) is 0 Å². The number of carbonyl (C=O) groups is 1. The highest BCUT2D eigenvalue weighted by Gasteiger charge is 2.32. The topological polar surface area (TPSA) is 45.2 Å². The zero-order chi connectivity index (χ0) is 13.2. The zero-order valence-corrected chi connectivity index (χ0v) is 10.7. The van der Waals surface area contributed by atoms with Crippen molar-refractivity contribution in [2.45, 2.75) is 13.0 Å². The minimum Gasteiger partial charge on any atom is -0.335 e. The van der Waals surface area contributed by atoms with Crippen molar-refractivity contribution < 1.29 is 4.79 Å². The molecule has 4 nitrogen and oxygen atoms in total. The SMILES string of the molecule is Cc1ccc(N2C(=O)NCC2c2ccncc2)cc1. The number of hydrogen-bond acceptors (Lipinski definition) is 2. The average Bonchev–Trinajstić information content (AvgIpc) is 2.83. The number of anilines is 1. The maximum atomic E-state index is 12.0. The van der Waals surface area contributed by atoms with Crippen LogP contribution in [0.15, 0.2) is 48.8 Å². The van der Waals surface area contributed by atoms with Crippen LogP contribution < -0.4 is 10.2 Å². The number of nitrogens with one attached hydrogen (secondary N) is 1. The number of benzene rings is 1. The maximum Gasteiger partial charge on any atom is 0.322 e. The summed E-state index contributed by atoms with van der Waals surface area (Å²) in [5.41, 5.74) is 3.19. The van der Waals surface area contributed by atoms with E-state index in [-0.39, 0.29) is 12.1 Å². The summed E-state index contributed by atoms with van der Waals surface area (Å²) < 4.78 is 0. The van der Waals surface area contributed by atoms with Crippen molar-refractivity contribution in [1.82, 2.24) is 10.3 Å². The second-order valence-corrected chi connectivity index (χ2v) is 4.69. The van der Waals surface area contributed by atoms with E-state index in [0.29, 0.717) is 6.54 Å². The molecule has 0 radical (unpaired) electrons. The summed E-state index contributed by atoms with van der Waals surface area (Å²) in [6.07, 6.45) is 3.51. The van der Waals surface area contributed by atoms with E-state index < -0.39 is 0 Å². The van der Waals surface area contributed by atoms with Crippen LogP contribution in [0.2, 0.25) is 0 Å². The van der Waals surface area contributed by atoms with E-state index in [4.69, 9.17) is 0 Å². The third kappa shape index (κ3) is 2.17. The largest absolute Gasteiger partial charge is 0.335 e. The van der Waals surface area contributed by atoms with Crippen molar-refractivity contribution in [3.63, 3.8) is 0 Å². The van der Waals surface area contributed by atoms with Crippen LogP contribution in [0, 0.1) is 6.92 Å². The third-order valence-electron chi connectivity index (χ3n) is 3.38. The molecule has 2 aromatic rings. The number of hydrogen-bond donors (Lipinski definition) is 1. The fourth-order valence-electron chi connectivity index (χ4n) is 2.36. The summed E-state index contributed by atoms with van der Waals surface area (Å²) in [4.78, 5) is 17.9. The van der Waals surface area contributed by atoms with Crippen LogP contribution in [0.1, 0.15) is 17.2 Å². The zero-order valence-electron chi connectivity index (χ0n) is 10.7. The Labute approximate surface area is 112 Å². The molecule has 19 heavy (non-hydrogen) atoms. The minimum absolute atomic E-state index is 0.0261. The molecule has 1 aromatic carbocycles. The van der Waals surface area contributed by atoms with E-state index in [1.165, 1.54) is 5.56 Å². The first kappa shape index (κ1) is 11.7. The first-order valence-electron chi connectivity index (χ1n) is 6.29. The smallest absolute Gasteiger partial charge is 0.322 e. The number of pyridine rings is 1. The van der Waals surface area contributed by atoms with E-state index in [0.717, 1.165) is 11.3 Å². The van der Waals surface area contributed by atoms with Crippen LogP contribution in [0.5, 0.6) is 0 Å². The minimum atomic E-state index is -0.0503. The third-order valence-corrected chi connectivity index (χ3v) is 3.38. The molecule has 1 saturated heterocycles. The quantitative estimate of drug-likeness (QED) is 0.894. The van der Waals surface area contributed by atoms with Crippen LogP contribution in [0.4, 0.5) is 10.5 Å². The molecule has 4 heteroatoms.